The minimum absolute atomic E-state index is 0. The van der Waals surface area contributed by atoms with Gasteiger partial charge in [-0.15, -0.1) is 12.4 Å². The van der Waals surface area contributed by atoms with Gasteiger partial charge in [0.25, 0.3) is 0 Å². The second-order valence-corrected chi connectivity index (χ2v) is 6.60. The van der Waals surface area contributed by atoms with Crippen LogP contribution in [0.3, 0.4) is 0 Å². The third-order valence-electron chi connectivity index (χ3n) is 5.24. The van der Waals surface area contributed by atoms with E-state index in [0.717, 1.165) is 55.0 Å². The first kappa shape index (κ1) is 20.4. The van der Waals surface area contributed by atoms with Crippen molar-refractivity contribution in [1.82, 2.24) is 9.88 Å². The van der Waals surface area contributed by atoms with Crippen LogP contribution in [0.15, 0.2) is 42.6 Å². The van der Waals surface area contributed by atoms with E-state index in [0.29, 0.717) is 6.04 Å². The molecule has 1 saturated heterocycles. The zero-order valence-electron chi connectivity index (χ0n) is 15.6. The molecule has 0 aliphatic carbocycles. The Morgan fingerprint density at radius 2 is 1.77 bits per heavy atom. The van der Waals surface area contributed by atoms with E-state index in [2.05, 4.69) is 34.7 Å². The van der Waals surface area contributed by atoms with Gasteiger partial charge in [0.1, 0.15) is 5.82 Å². The van der Waals surface area contributed by atoms with Gasteiger partial charge in [0, 0.05) is 44.0 Å². The van der Waals surface area contributed by atoms with Crippen molar-refractivity contribution < 1.29 is 4.79 Å². The van der Waals surface area contributed by atoms with Crippen molar-refractivity contribution in [1.29, 1.82) is 0 Å². The Hall–Kier alpha value is -1.91. The van der Waals surface area contributed by atoms with Crippen molar-refractivity contribution in [2.75, 3.05) is 31.1 Å². The molecular formula is C21H28ClN3O. The SMILES string of the molecule is CCC(CC)N1CCN(c2cc(-c3ccccc3C=O)ccn2)CC1.Cl. The van der Waals surface area contributed by atoms with E-state index in [9.17, 15) is 4.79 Å². The van der Waals surface area contributed by atoms with E-state index < -0.39 is 0 Å². The average molecular weight is 374 g/mol. The van der Waals surface area contributed by atoms with Crippen molar-refractivity contribution in [3.63, 3.8) is 0 Å². The third kappa shape index (κ3) is 4.43. The number of nitrogens with zero attached hydrogens (tertiary/aromatic N) is 3. The molecule has 1 aliphatic rings. The van der Waals surface area contributed by atoms with Crippen molar-refractivity contribution in [2.45, 2.75) is 32.7 Å². The van der Waals surface area contributed by atoms with E-state index >= 15 is 0 Å². The molecule has 5 heteroatoms. The van der Waals surface area contributed by atoms with E-state index in [1.54, 1.807) is 0 Å². The Morgan fingerprint density at radius 3 is 2.42 bits per heavy atom. The van der Waals surface area contributed by atoms with Crippen molar-refractivity contribution in [2.24, 2.45) is 0 Å². The number of aromatic nitrogens is 1. The molecule has 4 nitrogen and oxygen atoms in total. The van der Waals surface area contributed by atoms with Gasteiger partial charge < -0.3 is 4.90 Å². The molecule has 140 valence electrons. The minimum Gasteiger partial charge on any atom is -0.354 e. The van der Waals surface area contributed by atoms with Crippen LogP contribution in [0.1, 0.15) is 37.0 Å². The fourth-order valence-electron chi connectivity index (χ4n) is 3.74. The molecule has 0 amide bonds. The molecule has 3 rings (SSSR count). The van der Waals surface area contributed by atoms with Crippen molar-refractivity contribution >= 4 is 24.5 Å². The molecule has 0 spiro atoms. The van der Waals surface area contributed by atoms with Crippen LogP contribution in [0, 0.1) is 0 Å². The van der Waals surface area contributed by atoms with Crippen LogP contribution in [-0.2, 0) is 0 Å². The smallest absolute Gasteiger partial charge is 0.150 e. The number of rotatable bonds is 6. The van der Waals surface area contributed by atoms with E-state index in [4.69, 9.17) is 0 Å². The summed E-state index contributed by atoms with van der Waals surface area (Å²) in [6, 6.07) is 12.5. The normalized spacial score (nSPS) is 15.0. The molecule has 2 aromatic rings. The number of aldehydes is 1. The molecule has 26 heavy (non-hydrogen) atoms. The lowest BCUT2D eigenvalue weighted by atomic mass is 10.0. The maximum atomic E-state index is 11.3. The Labute approximate surface area is 162 Å². The largest absolute Gasteiger partial charge is 0.354 e. The number of carbonyl (C=O) groups excluding carboxylic acids is 1. The highest BCUT2D eigenvalue weighted by Gasteiger charge is 2.22. The Bertz CT molecular complexity index is 710. The summed E-state index contributed by atoms with van der Waals surface area (Å²) in [5.41, 5.74) is 2.74. The highest BCUT2D eigenvalue weighted by atomic mass is 35.5. The van der Waals surface area contributed by atoms with Gasteiger partial charge in [-0.2, -0.15) is 0 Å². The lowest BCUT2D eigenvalue weighted by Crippen LogP contribution is -2.50. The summed E-state index contributed by atoms with van der Waals surface area (Å²) in [6.07, 6.45) is 5.20. The Morgan fingerprint density at radius 1 is 1.08 bits per heavy atom. The monoisotopic (exact) mass is 373 g/mol. The standard InChI is InChI=1S/C21H27N3O.ClH/c1-3-19(4-2)23-11-13-24(14-12-23)21-15-17(9-10-22-21)20-8-6-5-7-18(20)16-25;/h5-10,15-16,19H,3-4,11-14H2,1-2H3;1H. The zero-order valence-corrected chi connectivity index (χ0v) is 16.4. The molecule has 0 bridgehead atoms. The molecule has 1 aromatic carbocycles. The lowest BCUT2D eigenvalue weighted by Gasteiger charge is -2.39. The van der Waals surface area contributed by atoms with Crippen LogP contribution >= 0.6 is 12.4 Å². The highest BCUT2D eigenvalue weighted by molar-refractivity contribution is 5.87. The van der Waals surface area contributed by atoms with Gasteiger partial charge in [0.15, 0.2) is 6.29 Å². The molecule has 1 aromatic heterocycles. The first-order valence-electron chi connectivity index (χ1n) is 9.26. The quantitative estimate of drug-likeness (QED) is 0.707. The minimum atomic E-state index is 0. The number of anilines is 1. The number of hydrogen-bond acceptors (Lipinski definition) is 4. The van der Waals surface area contributed by atoms with E-state index in [1.807, 2.05) is 36.5 Å². The molecule has 0 unspecified atom stereocenters. The van der Waals surface area contributed by atoms with Gasteiger partial charge in [0.2, 0.25) is 0 Å². The Kier molecular flexibility index (Phi) is 7.61. The van der Waals surface area contributed by atoms with Crippen LogP contribution in [0.25, 0.3) is 11.1 Å². The Balaban J connectivity index is 0.00000243. The molecule has 0 N–H and O–H groups in total. The summed E-state index contributed by atoms with van der Waals surface area (Å²) in [4.78, 5) is 20.8. The second kappa shape index (κ2) is 9.70. The van der Waals surface area contributed by atoms with Gasteiger partial charge in [-0.25, -0.2) is 4.98 Å². The van der Waals surface area contributed by atoms with Gasteiger partial charge in [0.05, 0.1) is 0 Å². The molecule has 0 atom stereocenters. The van der Waals surface area contributed by atoms with E-state index in [-0.39, 0.29) is 12.4 Å². The summed E-state index contributed by atoms with van der Waals surface area (Å²) in [6.45, 7) is 8.73. The van der Waals surface area contributed by atoms with Gasteiger partial charge in [-0.05, 0) is 36.1 Å². The highest BCUT2D eigenvalue weighted by Crippen LogP contribution is 2.26. The number of piperazine rings is 1. The zero-order chi connectivity index (χ0) is 17.6. The molecule has 1 aliphatic heterocycles. The van der Waals surface area contributed by atoms with Crippen molar-refractivity contribution in [3.8, 4) is 11.1 Å². The number of benzene rings is 1. The fourth-order valence-corrected chi connectivity index (χ4v) is 3.74. The maximum absolute atomic E-state index is 11.3. The van der Waals surface area contributed by atoms with Crippen LogP contribution in [0.4, 0.5) is 5.82 Å². The van der Waals surface area contributed by atoms with Gasteiger partial charge >= 0.3 is 0 Å². The summed E-state index contributed by atoms with van der Waals surface area (Å²) in [5.74, 6) is 1.00. The number of carbonyl (C=O) groups is 1. The van der Waals surface area contributed by atoms with E-state index in [1.165, 1.54) is 12.8 Å². The molecule has 0 radical (unpaired) electrons. The predicted molar refractivity (Wildman–Crippen MR) is 110 cm³/mol. The first-order chi connectivity index (χ1) is 12.3. The molecule has 2 heterocycles. The summed E-state index contributed by atoms with van der Waals surface area (Å²) in [5, 5.41) is 0. The summed E-state index contributed by atoms with van der Waals surface area (Å²) >= 11 is 0. The number of hydrogen-bond donors (Lipinski definition) is 0. The average Bonchev–Trinajstić information content (AvgIpc) is 2.69. The van der Waals surface area contributed by atoms with Crippen LogP contribution in [0.5, 0.6) is 0 Å². The van der Waals surface area contributed by atoms with Gasteiger partial charge in [-0.1, -0.05) is 38.1 Å². The predicted octanol–water partition coefficient (Wildman–Crippen LogP) is 4.29. The third-order valence-corrected chi connectivity index (χ3v) is 5.24. The summed E-state index contributed by atoms with van der Waals surface area (Å²) in [7, 11) is 0. The maximum Gasteiger partial charge on any atom is 0.150 e. The fraction of sp³-hybridized carbons (Fsp3) is 0.429. The molecule has 1 fully saturated rings. The van der Waals surface area contributed by atoms with Crippen LogP contribution in [-0.4, -0.2) is 48.4 Å². The van der Waals surface area contributed by atoms with Crippen LogP contribution in [0.2, 0.25) is 0 Å². The first-order valence-corrected chi connectivity index (χ1v) is 9.26. The molecule has 0 saturated carbocycles. The topological polar surface area (TPSA) is 36.4 Å². The summed E-state index contributed by atoms with van der Waals surface area (Å²) < 4.78 is 0. The number of pyridine rings is 1. The van der Waals surface area contributed by atoms with Crippen LogP contribution < -0.4 is 4.90 Å². The van der Waals surface area contributed by atoms with Crippen molar-refractivity contribution in [3.05, 3.63) is 48.2 Å². The van der Waals surface area contributed by atoms with Gasteiger partial charge in [-0.3, -0.25) is 9.69 Å². The number of halogens is 1. The lowest BCUT2D eigenvalue weighted by molar-refractivity contribution is 0.112. The second-order valence-electron chi connectivity index (χ2n) is 6.60. The molecular weight excluding hydrogens is 346 g/mol.